The summed E-state index contributed by atoms with van der Waals surface area (Å²) in [6, 6.07) is 14.8. The van der Waals surface area contributed by atoms with Crippen LogP contribution in [0.15, 0.2) is 48.5 Å². The molecule has 1 aliphatic heterocycles. The van der Waals surface area contributed by atoms with Crippen LogP contribution in [0.5, 0.6) is 5.75 Å². The third-order valence-electron chi connectivity index (χ3n) is 4.76. The molecule has 0 spiro atoms. The van der Waals surface area contributed by atoms with Crippen LogP contribution >= 0.6 is 0 Å². The Morgan fingerprint density at radius 1 is 1.15 bits per heavy atom. The molecule has 0 bridgehead atoms. The fourth-order valence-electron chi connectivity index (χ4n) is 3.54. The number of para-hydroxylation sites is 1. The second-order valence-corrected chi connectivity index (χ2v) is 6.62. The maximum absolute atomic E-state index is 13.1. The average Bonchev–Trinajstić information content (AvgIpc) is 2.68. The molecule has 0 radical (unpaired) electrons. The van der Waals surface area contributed by atoms with Crippen molar-refractivity contribution >= 4 is 11.8 Å². The molecule has 2 aromatic carbocycles. The smallest absolute Gasteiger partial charge is 0.247 e. The Labute approximate surface area is 160 Å². The van der Waals surface area contributed by atoms with Gasteiger partial charge in [-0.05, 0) is 30.5 Å². The molecule has 5 heteroatoms. The minimum Gasteiger partial charge on any atom is -0.494 e. The third-order valence-corrected chi connectivity index (χ3v) is 4.76. The van der Waals surface area contributed by atoms with Gasteiger partial charge in [0.1, 0.15) is 11.8 Å². The van der Waals surface area contributed by atoms with Gasteiger partial charge in [0.05, 0.1) is 13.0 Å². The first-order valence-corrected chi connectivity index (χ1v) is 9.51. The van der Waals surface area contributed by atoms with Gasteiger partial charge in [-0.3, -0.25) is 9.59 Å². The molecule has 0 saturated carbocycles. The largest absolute Gasteiger partial charge is 0.494 e. The van der Waals surface area contributed by atoms with E-state index in [0.29, 0.717) is 26.1 Å². The van der Waals surface area contributed by atoms with Gasteiger partial charge in [0, 0.05) is 18.7 Å². The van der Waals surface area contributed by atoms with E-state index in [9.17, 15) is 9.59 Å². The highest BCUT2D eigenvalue weighted by Gasteiger charge is 2.36. The molecule has 1 unspecified atom stereocenters. The van der Waals surface area contributed by atoms with E-state index >= 15 is 0 Å². The van der Waals surface area contributed by atoms with Crippen LogP contribution in [0.25, 0.3) is 0 Å². The zero-order chi connectivity index (χ0) is 19.2. The normalized spacial score (nSPS) is 16.0. The van der Waals surface area contributed by atoms with E-state index in [1.54, 1.807) is 4.90 Å². The fourth-order valence-corrected chi connectivity index (χ4v) is 3.54. The van der Waals surface area contributed by atoms with Gasteiger partial charge >= 0.3 is 0 Å². The van der Waals surface area contributed by atoms with Gasteiger partial charge in [0.15, 0.2) is 0 Å². The molecule has 2 amide bonds. The summed E-state index contributed by atoms with van der Waals surface area (Å²) in [6.07, 6.45) is 1.16. The lowest BCUT2D eigenvalue weighted by atomic mass is 9.91. The third kappa shape index (κ3) is 4.13. The van der Waals surface area contributed by atoms with Crippen LogP contribution in [0.2, 0.25) is 0 Å². The van der Waals surface area contributed by atoms with Crippen LogP contribution in [0.4, 0.5) is 0 Å². The van der Waals surface area contributed by atoms with E-state index in [-0.39, 0.29) is 11.8 Å². The minimum atomic E-state index is -0.582. The Balaban J connectivity index is 1.82. The first kappa shape index (κ1) is 19.0. The van der Waals surface area contributed by atoms with Crippen molar-refractivity contribution < 1.29 is 14.3 Å². The molecule has 1 aliphatic rings. The SMILES string of the molecule is CCCN1C(=O)Cc2ccccc2C1C(=O)NCc1ccccc1OCC. The summed E-state index contributed by atoms with van der Waals surface area (Å²) in [4.78, 5) is 27.4. The monoisotopic (exact) mass is 366 g/mol. The summed E-state index contributed by atoms with van der Waals surface area (Å²) in [5, 5.41) is 3.00. The topological polar surface area (TPSA) is 58.6 Å². The number of fused-ring (bicyclic) bond motifs is 1. The van der Waals surface area contributed by atoms with E-state index < -0.39 is 6.04 Å². The Morgan fingerprint density at radius 3 is 2.67 bits per heavy atom. The summed E-state index contributed by atoms with van der Waals surface area (Å²) in [5.74, 6) is 0.617. The van der Waals surface area contributed by atoms with Crippen molar-refractivity contribution in [2.75, 3.05) is 13.2 Å². The highest BCUT2D eigenvalue weighted by molar-refractivity contribution is 5.92. The number of ether oxygens (including phenoxy) is 1. The number of benzene rings is 2. The average molecular weight is 366 g/mol. The van der Waals surface area contributed by atoms with Crippen LogP contribution in [-0.2, 0) is 22.6 Å². The van der Waals surface area contributed by atoms with Crippen molar-refractivity contribution in [3.8, 4) is 5.75 Å². The van der Waals surface area contributed by atoms with E-state index in [1.807, 2.05) is 62.4 Å². The zero-order valence-corrected chi connectivity index (χ0v) is 15.9. The quantitative estimate of drug-likeness (QED) is 0.818. The van der Waals surface area contributed by atoms with Crippen molar-refractivity contribution in [1.82, 2.24) is 10.2 Å². The zero-order valence-electron chi connectivity index (χ0n) is 15.9. The standard InChI is InChI=1S/C22H26N2O3/c1-3-13-24-20(25)14-16-9-5-7-11-18(16)21(24)22(26)23-15-17-10-6-8-12-19(17)27-4-2/h5-12,21H,3-4,13-15H2,1-2H3,(H,23,26). The maximum Gasteiger partial charge on any atom is 0.247 e. The van der Waals surface area contributed by atoms with Crippen LogP contribution in [0, 0.1) is 0 Å². The van der Waals surface area contributed by atoms with Gasteiger partial charge in [-0.1, -0.05) is 49.4 Å². The molecule has 3 rings (SSSR count). The molecule has 2 aromatic rings. The number of rotatable bonds is 7. The van der Waals surface area contributed by atoms with Crippen LogP contribution in [0.1, 0.15) is 43.0 Å². The van der Waals surface area contributed by atoms with Gasteiger partial charge in [0.25, 0.3) is 0 Å². The minimum absolute atomic E-state index is 0.00502. The predicted molar refractivity (Wildman–Crippen MR) is 104 cm³/mol. The molecule has 1 atom stereocenters. The summed E-state index contributed by atoms with van der Waals surface area (Å²) < 4.78 is 5.63. The Hall–Kier alpha value is -2.82. The van der Waals surface area contributed by atoms with Gasteiger partial charge in [0.2, 0.25) is 11.8 Å². The van der Waals surface area contributed by atoms with E-state index in [1.165, 1.54) is 0 Å². The second kappa shape index (κ2) is 8.71. The Bertz CT molecular complexity index is 819. The Morgan fingerprint density at radius 2 is 1.89 bits per heavy atom. The first-order valence-electron chi connectivity index (χ1n) is 9.51. The summed E-state index contributed by atoms with van der Waals surface area (Å²) >= 11 is 0. The first-order chi connectivity index (χ1) is 13.2. The van der Waals surface area contributed by atoms with Gasteiger partial charge < -0.3 is 15.0 Å². The maximum atomic E-state index is 13.1. The van der Waals surface area contributed by atoms with Gasteiger partial charge in [-0.25, -0.2) is 0 Å². The summed E-state index contributed by atoms with van der Waals surface area (Å²) in [7, 11) is 0. The van der Waals surface area contributed by atoms with E-state index in [0.717, 1.165) is 28.9 Å². The Kier molecular flexibility index (Phi) is 6.12. The van der Waals surface area contributed by atoms with Crippen molar-refractivity contribution in [3.63, 3.8) is 0 Å². The van der Waals surface area contributed by atoms with E-state index in [4.69, 9.17) is 4.74 Å². The molecule has 5 nitrogen and oxygen atoms in total. The van der Waals surface area contributed by atoms with Crippen molar-refractivity contribution in [2.24, 2.45) is 0 Å². The molecule has 1 heterocycles. The van der Waals surface area contributed by atoms with E-state index in [2.05, 4.69) is 5.32 Å². The molecule has 1 N–H and O–H groups in total. The summed E-state index contributed by atoms with van der Waals surface area (Å²) in [5.41, 5.74) is 2.77. The van der Waals surface area contributed by atoms with Crippen LogP contribution < -0.4 is 10.1 Å². The highest BCUT2D eigenvalue weighted by atomic mass is 16.5. The lowest BCUT2D eigenvalue weighted by molar-refractivity contribution is -0.141. The molecule has 0 aliphatic carbocycles. The number of hydrogen-bond donors (Lipinski definition) is 1. The predicted octanol–water partition coefficient (Wildman–Crippen LogP) is 3.24. The van der Waals surface area contributed by atoms with Crippen molar-refractivity contribution in [3.05, 3.63) is 65.2 Å². The van der Waals surface area contributed by atoms with Crippen molar-refractivity contribution in [2.45, 2.75) is 39.3 Å². The second-order valence-electron chi connectivity index (χ2n) is 6.62. The number of carbonyl (C=O) groups excluding carboxylic acids is 2. The van der Waals surface area contributed by atoms with Gasteiger partial charge in [-0.2, -0.15) is 0 Å². The molecule has 0 saturated heterocycles. The number of hydrogen-bond acceptors (Lipinski definition) is 3. The van der Waals surface area contributed by atoms with Crippen molar-refractivity contribution in [1.29, 1.82) is 0 Å². The molecule has 27 heavy (non-hydrogen) atoms. The lowest BCUT2D eigenvalue weighted by Crippen LogP contribution is -2.47. The van der Waals surface area contributed by atoms with Gasteiger partial charge in [-0.15, -0.1) is 0 Å². The van der Waals surface area contributed by atoms with Crippen LogP contribution in [-0.4, -0.2) is 29.9 Å². The number of nitrogens with one attached hydrogen (secondary N) is 1. The molecular weight excluding hydrogens is 340 g/mol. The molecule has 0 fully saturated rings. The fraction of sp³-hybridized carbons (Fsp3) is 0.364. The molecule has 0 aromatic heterocycles. The number of carbonyl (C=O) groups is 2. The highest BCUT2D eigenvalue weighted by Crippen LogP contribution is 2.31. The summed E-state index contributed by atoms with van der Waals surface area (Å²) in [6.45, 7) is 5.45. The number of nitrogens with zero attached hydrogens (tertiary/aromatic N) is 1. The van der Waals surface area contributed by atoms with Crippen LogP contribution in [0.3, 0.4) is 0 Å². The number of amides is 2. The molecular formula is C22H26N2O3. The molecule has 142 valence electrons. The lowest BCUT2D eigenvalue weighted by Gasteiger charge is -2.36.